The van der Waals surface area contributed by atoms with Gasteiger partial charge in [-0.25, -0.2) is 0 Å². The second-order valence-electron chi connectivity index (χ2n) is 8.09. The zero-order valence-corrected chi connectivity index (χ0v) is 17.1. The van der Waals surface area contributed by atoms with Crippen LogP contribution in [0.4, 0.5) is 11.4 Å². The topological polar surface area (TPSA) is 72.2 Å². The third kappa shape index (κ3) is 5.89. The number of anilines is 1. The van der Waals surface area contributed by atoms with Crippen LogP contribution >= 0.6 is 0 Å². The first-order valence-electron chi connectivity index (χ1n) is 10.7. The zero-order valence-electron chi connectivity index (χ0n) is 17.1. The van der Waals surface area contributed by atoms with Crippen LogP contribution in [0.2, 0.25) is 0 Å². The van der Waals surface area contributed by atoms with E-state index in [0.29, 0.717) is 11.5 Å². The number of rotatable bonds is 8. The number of hydrogen-bond acceptors (Lipinski definition) is 3. The minimum atomic E-state index is -0.473. The van der Waals surface area contributed by atoms with Gasteiger partial charge in [0.2, 0.25) is 0 Å². The predicted octanol–water partition coefficient (Wildman–Crippen LogP) is 6.70. The van der Waals surface area contributed by atoms with Gasteiger partial charge >= 0.3 is 0 Å². The molecule has 0 aliphatic heterocycles. The monoisotopic (exact) mass is 394 g/mol. The van der Waals surface area contributed by atoms with E-state index in [4.69, 9.17) is 0 Å². The number of nitrogens with one attached hydrogen (secondary N) is 1. The fourth-order valence-corrected chi connectivity index (χ4v) is 4.24. The van der Waals surface area contributed by atoms with Crippen LogP contribution in [-0.4, -0.2) is 10.8 Å². The maximum Gasteiger partial charge on any atom is 0.269 e. The van der Waals surface area contributed by atoms with E-state index in [1.165, 1.54) is 81.2 Å². The van der Waals surface area contributed by atoms with E-state index in [9.17, 15) is 14.9 Å². The highest BCUT2D eigenvalue weighted by molar-refractivity contribution is 6.04. The van der Waals surface area contributed by atoms with Crippen LogP contribution in [0.5, 0.6) is 0 Å². The number of hydrogen-bond donors (Lipinski definition) is 1. The van der Waals surface area contributed by atoms with E-state index in [0.717, 1.165) is 11.6 Å². The molecule has 2 aromatic carbocycles. The average Bonchev–Trinajstić information content (AvgIpc) is 2.75. The third-order valence-electron chi connectivity index (χ3n) is 6.04. The first-order chi connectivity index (χ1) is 14.1. The number of nitrogens with zero attached hydrogens (tertiary/aromatic N) is 1. The lowest BCUT2D eigenvalue weighted by molar-refractivity contribution is -0.384. The molecule has 5 heteroatoms. The van der Waals surface area contributed by atoms with Crippen molar-refractivity contribution in [1.82, 2.24) is 0 Å². The molecule has 0 radical (unpaired) electrons. The molecule has 1 aliphatic rings. The standard InChI is InChI=1S/C24H30N2O3/c1-2-3-4-5-18-6-8-19(9-7-18)20-10-14-22(15-11-20)25-24(27)21-12-16-23(17-13-21)26(28)29/h10-19H,2-9H2,1H3,(H,25,27). The SMILES string of the molecule is CCCCCC1CCC(c2ccc(NC(=O)c3ccc([N+](=O)[O-])cc3)cc2)CC1. The molecule has 3 rings (SSSR count). The lowest BCUT2D eigenvalue weighted by Gasteiger charge is -2.29. The predicted molar refractivity (Wildman–Crippen MR) is 116 cm³/mol. The number of nitro groups is 1. The van der Waals surface area contributed by atoms with Gasteiger partial charge in [-0.3, -0.25) is 14.9 Å². The molecule has 0 atom stereocenters. The molecule has 1 N–H and O–H groups in total. The summed E-state index contributed by atoms with van der Waals surface area (Å²) in [5.74, 6) is 1.26. The first-order valence-corrected chi connectivity index (χ1v) is 10.7. The Morgan fingerprint density at radius 1 is 1.00 bits per heavy atom. The first kappa shape index (κ1) is 21.0. The number of amides is 1. The summed E-state index contributed by atoms with van der Waals surface area (Å²) in [6.45, 7) is 2.26. The summed E-state index contributed by atoms with van der Waals surface area (Å²) in [6.07, 6.45) is 10.6. The molecule has 0 aromatic heterocycles. The van der Waals surface area contributed by atoms with Crippen molar-refractivity contribution in [2.75, 3.05) is 5.32 Å². The van der Waals surface area contributed by atoms with Crippen molar-refractivity contribution in [3.63, 3.8) is 0 Å². The van der Waals surface area contributed by atoms with Gasteiger partial charge in [0.05, 0.1) is 4.92 Å². The summed E-state index contributed by atoms with van der Waals surface area (Å²) < 4.78 is 0. The number of non-ortho nitro benzene ring substituents is 1. The van der Waals surface area contributed by atoms with Crippen LogP contribution in [0.25, 0.3) is 0 Å². The summed E-state index contributed by atoms with van der Waals surface area (Å²) in [5.41, 5.74) is 2.47. The van der Waals surface area contributed by atoms with Gasteiger partial charge < -0.3 is 5.32 Å². The number of unbranched alkanes of at least 4 members (excludes halogenated alkanes) is 2. The van der Waals surface area contributed by atoms with E-state index < -0.39 is 4.92 Å². The highest BCUT2D eigenvalue weighted by Crippen LogP contribution is 2.38. The van der Waals surface area contributed by atoms with E-state index in [1.54, 1.807) is 0 Å². The Hall–Kier alpha value is -2.69. The van der Waals surface area contributed by atoms with Crippen molar-refractivity contribution in [3.05, 3.63) is 69.8 Å². The van der Waals surface area contributed by atoms with Crippen molar-refractivity contribution in [2.45, 2.75) is 64.2 Å². The van der Waals surface area contributed by atoms with Crippen molar-refractivity contribution in [3.8, 4) is 0 Å². The Labute approximate surface area is 172 Å². The number of nitro benzene ring substituents is 1. The fourth-order valence-electron chi connectivity index (χ4n) is 4.24. The molecule has 5 nitrogen and oxygen atoms in total. The lowest BCUT2D eigenvalue weighted by atomic mass is 9.77. The average molecular weight is 395 g/mol. The Morgan fingerprint density at radius 2 is 1.66 bits per heavy atom. The quantitative estimate of drug-likeness (QED) is 0.307. The van der Waals surface area contributed by atoms with Crippen LogP contribution in [0, 0.1) is 16.0 Å². The summed E-state index contributed by atoms with van der Waals surface area (Å²) in [4.78, 5) is 22.6. The van der Waals surface area contributed by atoms with Gasteiger partial charge in [-0.2, -0.15) is 0 Å². The third-order valence-corrected chi connectivity index (χ3v) is 6.04. The van der Waals surface area contributed by atoms with Crippen molar-refractivity contribution in [1.29, 1.82) is 0 Å². The maximum absolute atomic E-state index is 12.3. The molecule has 0 saturated heterocycles. The molecule has 0 unspecified atom stereocenters. The fraction of sp³-hybridized carbons (Fsp3) is 0.458. The van der Waals surface area contributed by atoms with Gasteiger partial charge in [0, 0.05) is 23.4 Å². The summed E-state index contributed by atoms with van der Waals surface area (Å²) >= 11 is 0. The molecular formula is C24H30N2O3. The number of carbonyl (C=O) groups is 1. The zero-order chi connectivity index (χ0) is 20.6. The minimum absolute atomic E-state index is 0.0222. The summed E-state index contributed by atoms with van der Waals surface area (Å²) in [6, 6.07) is 13.8. The molecule has 0 spiro atoms. The van der Waals surface area contributed by atoms with Crippen molar-refractivity contribution in [2.24, 2.45) is 5.92 Å². The van der Waals surface area contributed by atoms with Crippen molar-refractivity contribution >= 4 is 17.3 Å². The lowest BCUT2D eigenvalue weighted by Crippen LogP contribution is -2.14. The Bertz CT molecular complexity index is 807. The van der Waals surface area contributed by atoms with Crippen LogP contribution in [-0.2, 0) is 0 Å². The van der Waals surface area contributed by atoms with Crippen LogP contribution in [0.1, 0.15) is 80.1 Å². The molecule has 154 valence electrons. The van der Waals surface area contributed by atoms with Crippen molar-refractivity contribution < 1.29 is 9.72 Å². The van der Waals surface area contributed by atoms with Gasteiger partial charge in [0.25, 0.3) is 11.6 Å². The molecule has 0 bridgehead atoms. The second-order valence-corrected chi connectivity index (χ2v) is 8.09. The van der Waals surface area contributed by atoms with Crippen LogP contribution in [0.15, 0.2) is 48.5 Å². The van der Waals surface area contributed by atoms with Gasteiger partial charge in [0.15, 0.2) is 0 Å². The van der Waals surface area contributed by atoms with E-state index in [1.807, 2.05) is 12.1 Å². The van der Waals surface area contributed by atoms with E-state index >= 15 is 0 Å². The molecule has 1 saturated carbocycles. The normalized spacial score (nSPS) is 18.9. The largest absolute Gasteiger partial charge is 0.322 e. The molecule has 29 heavy (non-hydrogen) atoms. The van der Waals surface area contributed by atoms with Gasteiger partial charge in [0.1, 0.15) is 0 Å². The van der Waals surface area contributed by atoms with Crippen LogP contribution in [0.3, 0.4) is 0 Å². The number of carbonyl (C=O) groups excluding carboxylic acids is 1. The van der Waals surface area contributed by atoms with Gasteiger partial charge in [-0.1, -0.05) is 44.7 Å². The molecule has 1 amide bonds. The van der Waals surface area contributed by atoms with Gasteiger partial charge in [-0.15, -0.1) is 0 Å². The highest BCUT2D eigenvalue weighted by atomic mass is 16.6. The summed E-state index contributed by atoms with van der Waals surface area (Å²) in [7, 11) is 0. The van der Waals surface area contributed by atoms with Crippen LogP contribution < -0.4 is 5.32 Å². The molecule has 0 heterocycles. The Morgan fingerprint density at radius 3 is 2.24 bits per heavy atom. The Kier molecular flexibility index (Phi) is 7.39. The summed E-state index contributed by atoms with van der Waals surface area (Å²) in [5, 5.41) is 13.6. The highest BCUT2D eigenvalue weighted by Gasteiger charge is 2.22. The maximum atomic E-state index is 12.3. The molecular weight excluding hydrogens is 364 g/mol. The molecule has 1 fully saturated rings. The second kappa shape index (κ2) is 10.2. The Balaban J connectivity index is 1.51. The number of benzene rings is 2. The molecule has 2 aromatic rings. The molecule has 1 aliphatic carbocycles. The van der Waals surface area contributed by atoms with Gasteiger partial charge in [-0.05, 0) is 67.3 Å². The van der Waals surface area contributed by atoms with E-state index in [2.05, 4.69) is 24.4 Å². The van der Waals surface area contributed by atoms with E-state index in [-0.39, 0.29) is 11.6 Å². The smallest absolute Gasteiger partial charge is 0.269 e. The minimum Gasteiger partial charge on any atom is -0.322 e.